The summed E-state index contributed by atoms with van der Waals surface area (Å²) in [6.45, 7) is 6.53. The SMILES string of the molecule is CC(C)CN(NC(=O)C(C)c1ccccc1)c1ccnc(C#N)n1.O=C(O)C(F)(F)F. The Bertz CT molecular complexity index is 914. The van der Waals surface area contributed by atoms with Gasteiger partial charge in [-0.3, -0.25) is 15.2 Å². The normalized spacial score (nSPS) is 11.5. The molecule has 1 heterocycles. The maximum absolute atomic E-state index is 12.6. The summed E-state index contributed by atoms with van der Waals surface area (Å²) in [5.74, 6) is -2.29. The molecule has 0 fully saturated rings. The summed E-state index contributed by atoms with van der Waals surface area (Å²) < 4.78 is 31.7. The molecule has 2 rings (SSSR count). The lowest BCUT2D eigenvalue weighted by atomic mass is 10.0. The molecule has 2 N–H and O–H groups in total. The van der Waals surface area contributed by atoms with Crippen molar-refractivity contribution in [3.63, 3.8) is 0 Å². The van der Waals surface area contributed by atoms with Gasteiger partial charge >= 0.3 is 12.1 Å². The number of aliphatic carboxylic acids is 1. The van der Waals surface area contributed by atoms with Crippen molar-refractivity contribution in [3.8, 4) is 6.07 Å². The van der Waals surface area contributed by atoms with Crippen LogP contribution < -0.4 is 10.4 Å². The number of rotatable bonds is 6. The lowest BCUT2D eigenvalue weighted by Gasteiger charge is -2.27. The largest absolute Gasteiger partial charge is 0.490 e. The molecule has 0 aliphatic carbocycles. The number of alkyl halides is 3. The third-order valence-electron chi connectivity index (χ3n) is 3.75. The molecule has 1 aromatic heterocycles. The number of nitriles is 1. The minimum Gasteiger partial charge on any atom is -0.475 e. The third kappa shape index (κ3) is 8.69. The van der Waals surface area contributed by atoms with E-state index in [9.17, 15) is 18.0 Å². The number of carbonyl (C=O) groups is 2. The Morgan fingerprint density at radius 1 is 1.19 bits per heavy atom. The van der Waals surface area contributed by atoms with Crippen LogP contribution in [-0.4, -0.2) is 39.7 Å². The number of amides is 1. The molecule has 2 aromatic rings. The highest BCUT2D eigenvalue weighted by atomic mass is 19.4. The van der Waals surface area contributed by atoms with Gasteiger partial charge in [0.05, 0.1) is 5.92 Å². The fourth-order valence-electron chi connectivity index (χ4n) is 2.24. The van der Waals surface area contributed by atoms with E-state index in [1.807, 2.05) is 57.2 Å². The van der Waals surface area contributed by atoms with Gasteiger partial charge in [0.25, 0.3) is 0 Å². The van der Waals surface area contributed by atoms with Crippen LogP contribution in [0.2, 0.25) is 0 Å². The standard InChI is InChI=1S/C18H21N5O.C2HF3O2/c1-13(2)12-23(17-9-10-20-16(11-19)21-17)22-18(24)14(3)15-7-5-4-6-8-15;3-2(4,5)1(6)7/h4-10,13-14H,12H2,1-3H3,(H,22,24);(H,6,7). The Balaban J connectivity index is 0.000000592. The molecule has 0 aliphatic rings. The molecular formula is C20H22F3N5O3. The van der Waals surface area contributed by atoms with Crippen LogP contribution in [-0.2, 0) is 9.59 Å². The van der Waals surface area contributed by atoms with E-state index in [-0.39, 0.29) is 17.6 Å². The predicted molar refractivity (Wildman–Crippen MR) is 106 cm³/mol. The van der Waals surface area contributed by atoms with Crippen molar-refractivity contribution in [1.29, 1.82) is 5.26 Å². The zero-order valence-electron chi connectivity index (χ0n) is 17.1. The first-order valence-electron chi connectivity index (χ1n) is 9.12. The van der Waals surface area contributed by atoms with Gasteiger partial charge in [-0.25, -0.2) is 9.78 Å². The summed E-state index contributed by atoms with van der Waals surface area (Å²) in [6.07, 6.45) is -3.57. The number of hydrogen-bond donors (Lipinski definition) is 2. The van der Waals surface area contributed by atoms with Crippen molar-refractivity contribution in [1.82, 2.24) is 15.4 Å². The Morgan fingerprint density at radius 2 is 1.77 bits per heavy atom. The van der Waals surface area contributed by atoms with Gasteiger partial charge in [-0.2, -0.15) is 23.4 Å². The van der Waals surface area contributed by atoms with Crippen LogP contribution in [0.15, 0.2) is 42.6 Å². The van der Waals surface area contributed by atoms with Crippen molar-refractivity contribution >= 4 is 17.7 Å². The zero-order valence-corrected chi connectivity index (χ0v) is 17.1. The Hall–Kier alpha value is -3.68. The second-order valence-corrected chi connectivity index (χ2v) is 6.77. The molecule has 166 valence electrons. The lowest BCUT2D eigenvalue weighted by Crippen LogP contribution is -2.46. The quantitative estimate of drug-likeness (QED) is 0.666. The second kappa shape index (κ2) is 11.5. The van der Waals surface area contributed by atoms with E-state index in [0.29, 0.717) is 18.3 Å². The Labute approximate surface area is 177 Å². The fraction of sp³-hybridized carbons (Fsp3) is 0.350. The number of nitrogens with one attached hydrogen (secondary N) is 1. The molecule has 0 spiro atoms. The molecule has 0 saturated carbocycles. The van der Waals surface area contributed by atoms with Gasteiger partial charge in [0.2, 0.25) is 11.7 Å². The van der Waals surface area contributed by atoms with E-state index >= 15 is 0 Å². The van der Waals surface area contributed by atoms with E-state index in [1.54, 1.807) is 11.1 Å². The van der Waals surface area contributed by atoms with Crippen LogP contribution >= 0.6 is 0 Å². The maximum atomic E-state index is 12.6. The van der Waals surface area contributed by atoms with Crippen LogP contribution in [0.5, 0.6) is 0 Å². The van der Waals surface area contributed by atoms with Crippen molar-refractivity contribution in [3.05, 3.63) is 54.0 Å². The third-order valence-corrected chi connectivity index (χ3v) is 3.75. The summed E-state index contributed by atoms with van der Waals surface area (Å²) in [7, 11) is 0. The first-order chi connectivity index (χ1) is 14.5. The zero-order chi connectivity index (χ0) is 23.6. The van der Waals surface area contributed by atoms with Gasteiger partial charge in [0.15, 0.2) is 5.82 Å². The molecule has 0 bridgehead atoms. The number of carboxylic acid groups (broad SMARTS) is 1. The van der Waals surface area contributed by atoms with Crippen molar-refractivity contribution in [2.45, 2.75) is 32.9 Å². The number of carboxylic acids is 1. The molecular weight excluding hydrogens is 415 g/mol. The second-order valence-electron chi connectivity index (χ2n) is 6.77. The lowest BCUT2D eigenvalue weighted by molar-refractivity contribution is -0.192. The molecule has 31 heavy (non-hydrogen) atoms. The number of hydrogen-bond acceptors (Lipinski definition) is 6. The Kier molecular flexibility index (Phi) is 9.40. The molecule has 0 aliphatic heterocycles. The molecule has 1 unspecified atom stereocenters. The number of nitrogens with zero attached hydrogens (tertiary/aromatic N) is 4. The van der Waals surface area contributed by atoms with E-state index < -0.39 is 12.1 Å². The van der Waals surface area contributed by atoms with Gasteiger partial charge in [0.1, 0.15) is 6.07 Å². The summed E-state index contributed by atoms with van der Waals surface area (Å²) in [5.41, 5.74) is 3.85. The van der Waals surface area contributed by atoms with Crippen molar-refractivity contribution in [2.75, 3.05) is 11.6 Å². The molecule has 11 heteroatoms. The summed E-state index contributed by atoms with van der Waals surface area (Å²) >= 11 is 0. The maximum Gasteiger partial charge on any atom is 0.490 e. The molecule has 1 aromatic carbocycles. The van der Waals surface area contributed by atoms with Crippen LogP contribution in [0.4, 0.5) is 19.0 Å². The predicted octanol–water partition coefficient (Wildman–Crippen LogP) is 3.28. The highest BCUT2D eigenvalue weighted by Crippen LogP contribution is 2.17. The van der Waals surface area contributed by atoms with Gasteiger partial charge in [0, 0.05) is 18.8 Å². The summed E-state index contributed by atoms with van der Waals surface area (Å²) in [5, 5.41) is 17.8. The van der Waals surface area contributed by atoms with Crippen molar-refractivity contribution < 1.29 is 27.9 Å². The minimum absolute atomic E-state index is 0.0756. The highest BCUT2D eigenvalue weighted by molar-refractivity contribution is 5.84. The number of hydrazine groups is 1. The fourth-order valence-corrected chi connectivity index (χ4v) is 2.24. The van der Waals surface area contributed by atoms with Crippen LogP contribution in [0.3, 0.4) is 0 Å². The van der Waals surface area contributed by atoms with E-state index in [1.165, 1.54) is 6.20 Å². The van der Waals surface area contributed by atoms with E-state index in [4.69, 9.17) is 15.2 Å². The van der Waals surface area contributed by atoms with Crippen molar-refractivity contribution in [2.24, 2.45) is 5.92 Å². The molecule has 1 amide bonds. The minimum atomic E-state index is -5.08. The van der Waals surface area contributed by atoms with Gasteiger partial charge in [-0.1, -0.05) is 44.2 Å². The van der Waals surface area contributed by atoms with Crippen LogP contribution in [0.1, 0.15) is 38.1 Å². The van der Waals surface area contributed by atoms with Crippen LogP contribution in [0, 0.1) is 17.2 Å². The Morgan fingerprint density at radius 3 is 2.26 bits per heavy atom. The number of aromatic nitrogens is 2. The number of carbonyl (C=O) groups excluding carboxylic acids is 1. The average Bonchev–Trinajstić information content (AvgIpc) is 2.72. The molecule has 8 nitrogen and oxygen atoms in total. The number of halogens is 3. The molecule has 0 saturated heterocycles. The highest BCUT2D eigenvalue weighted by Gasteiger charge is 2.38. The summed E-state index contributed by atoms with van der Waals surface area (Å²) in [4.78, 5) is 29.5. The average molecular weight is 437 g/mol. The molecule has 0 radical (unpaired) electrons. The molecule has 1 atom stereocenters. The topological polar surface area (TPSA) is 119 Å². The monoisotopic (exact) mass is 437 g/mol. The van der Waals surface area contributed by atoms with Gasteiger partial charge in [-0.15, -0.1) is 0 Å². The van der Waals surface area contributed by atoms with E-state index in [2.05, 4.69) is 15.4 Å². The first kappa shape index (κ1) is 25.4. The summed E-state index contributed by atoms with van der Waals surface area (Å²) in [6, 6.07) is 13.2. The number of benzene rings is 1. The van der Waals surface area contributed by atoms with Crippen LogP contribution in [0.25, 0.3) is 0 Å². The van der Waals surface area contributed by atoms with Gasteiger partial charge < -0.3 is 5.11 Å². The first-order valence-corrected chi connectivity index (χ1v) is 9.12. The smallest absolute Gasteiger partial charge is 0.475 e. The van der Waals surface area contributed by atoms with Gasteiger partial charge in [-0.05, 0) is 18.4 Å². The van der Waals surface area contributed by atoms with E-state index in [0.717, 1.165) is 5.56 Å². The number of anilines is 1.